The third kappa shape index (κ3) is 1.49. The molecular weight excluding hydrogens is 158 g/mol. The highest BCUT2D eigenvalue weighted by atomic mass is 32.2. The van der Waals surface area contributed by atoms with Gasteiger partial charge in [0.15, 0.2) is 0 Å². The largest absolute Gasteiger partial charge is 0.300 e. The van der Waals surface area contributed by atoms with Gasteiger partial charge in [0, 0.05) is 25.3 Å². The summed E-state index contributed by atoms with van der Waals surface area (Å²) >= 11 is 1.66. The molecule has 1 heterocycles. The summed E-state index contributed by atoms with van der Waals surface area (Å²) in [5, 5.41) is 2.17. The number of hydrogen-bond acceptors (Lipinski definition) is 3. The first-order valence-corrected chi connectivity index (χ1v) is 4.83. The Kier molecular flexibility index (Phi) is 2.00. The average molecular weight is 169 g/mol. The summed E-state index contributed by atoms with van der Waals surface area (Å²) < 4.78 is 3.19. The van der Waals surface area contributed by atoms with Crippen molar-refractivity contribution in [1.82, 2.24) is 4.72 Å². The van der Waals surface area contributed by atoms with Gasteiger partial charge in [0.25, 0.3) is 0 Å². The fourth-order valence-corrected chi connectivity index (χ4v) is 2.46. The third-order valence-electron chi connectivity index (χ3n) is 2.31. The van der Waals surface area contributed by atoms with E-state index in [0.717, 1.165) is 25.8 Å². The van der Waals surface area contributed by atoms with Crippen LogP contribution in [0, 0.1) is 5.92 Å². The van der Waals surface area contributed by atoms with Crippen LogP contribution in [0.4, 0.5) is 0 Å². The molecule has 60 valence electrons. The van der Waals surface area contributed by atoms with Crippen molar-refractivity contribution in [2.24, 2.45) is 5.92 Å². The monoisotopic (exact) mass is 169 g/mol. The molecule has 0 amide bonds. The van der Waals surface area contributed by atoms with Gasteiger partial charge in [-0.05, 0) is 11.8 Å². The van der Waals surface area contributed by atoms with Crippen LogP contribution < -0.4 is 4.72 Å². The molecule has 0 saturated heterocycles. The minimum Gasteiger partial charge on any atom is -0.300 e. The van der Waals surface area contributed by atoms with E-state index >= 15 is 0 Å². The van der Waals surface area contributed by atoms with Crippen molar-refractivity contribution in [3.63, 3.8) is 0 Å². The fourth-order valence-electron chi connectivity index (χ4n) is 1.62. The van der Waals surface area contributed by atoms with Gasteiger partial charge in [-0.25, -0.2) is 0 Å². The molecule has 2 rings (SSSR count). The molecule has 2 aliphatic rings. The van der Waals surface area contributed by atoms with Crippen LogP contribution in [0.1, 0.15) is 19.3 Å². The summed E-state index contributed by atoms with van der Waals surface area (Å²) in [4.78, 5) is 11.1. The summed E-state index contributed by atoms with van der Waals surface area (Å²) in [7, 11) is 0. The second kappa shape index (κ2) is 2.99. The number of carbonyl (C=O) groups excluding carboxylic acids is 1. The van der Waals surface area contributed by atoms with Gasteiger partial charge in [-0.3, -0.25) is 9.52 Å². The van der Waals surface area contributed by atoms with Crippen LogP contribution >= 0.6 is 11.9 Å². The molecule has 0 radical (unpaired) electrons. The Bertz CT molecular complexity index is 212. The van der Waals surface area contributed by atoms with Crippen molar-refractivity contribution in [3.8, 4) is 0 Å². The van der Waals surface area contributed by atoms with Crippen LogP contribution in [0.15, 0.2) is 11.0 Å². The SMILES string of the molecule is O=C1CCC2=CSNCC2C1. The molecule has 0 aromatic heterocycles. The maximum Gasteiger partial charge on any atom is 0.133 e. The molecule has 1 saturated carbocycles. The zero-order chi connectivity index (χ0) is 7.68. The van der Waals surface area contributed by atoms with E-state index in [2.05, 4.69) is 10.1 Å². The van der Waals surface area contributed by atoms with Gasteiger partial charge in [0.1, 0.15) is 5.78 Å². The van der Waals surface area contributed by atoms with Gasteiger partial charge in [-0.2, -0.15) is 0 Å². The first-order valence-electron chi connectivity index (χ1n) is 3.95. The Morgan fingerprint density at radius 2 is 2.45 bits per heavy atom. The van der Waals surface area contributed by atoms with E-state index < -0.39 is 0 Å². The standard InChI is InChI=1S/C8H11NOS/c10-8-2-1-6-5-11-9-4-7(6)3-8/h5,7,9H,1-4H2. The molecule has 1 unspecified atom stereocenters. The lowest BCUT2D eigenvalue weighted by molar-refractivity contribution is -0.120. The van der Waals surface area contributed by atoms with Crippen LogP contribution in [-0.2, 0) is 4.79 Å². The van der Waals surface area contributed by atoms with E-state index in [9.17, 15) is 4.79 Å². The van der Waals surface area contributed by atoms with Crippen molar-refractivity contribution in [3.05, 3.63) is 11.0 Å². The number of Topliss-reactive ketones (excluding diaryl/α,β-unsaturated/α-hetero) is 1. The van der Waals surface area contributed by atoms with Crippen LogP contribution in [0.2, 0.25) is 0 Å². The Balaban J connectivity index is 2.12. The van der Waals surface area contributed by atoms with Gasteiger partial charge in [0.05, 0.1) is 0 Å². The minimum absolute atomic E-state index is 0.431. The Morgan fingerprint density at radius 3 is 3.36 bits per heavy atom. The van der Waals surface area contributed by atoms with E-state index in [1.807, 2.05) is 0 Å². The van der Waals surface area contributed by atoms with Crippen molar-refractivity contribution < 1.29 is 4.79 Å². The lowest BCUT2D eigenvalue weighted by Gasteiger charge is -2.27. The van der Waals surface area contributed by atoms with Crippen LogP contribution in [-0.4, -0.2) is 12.3 Å². The summed E-state index contributed by atoms with van der Waals surface area (Å²) in [6, 6.07) is 0. The summed E-state index contributed by atoms with van der Waals surface area (Å²) in [5.74, 6) is 0.943. The van der Waals surface area contributed by atoms with Crippen molar-refractivity contribution in [2.75, 3.05) is 6.54 Å². The number of nitrogens with one attached hydrogen (secondary N) is 1. The first kappa shape index (κ1) is 7.37. The molecule has 1 aliphatic heterocycles. The quantitative estimate of drug-likeness (QED) is 0.557. The van der Waals surface area contributed by atoms with Crippen molar-refractivity contribution in [1.29, 1.82) is 0 Å². The average Bonchev–Trinajstić information content (AvgIpc) is 2.04. The number of rotatable bonds is 0. The second-order valence-electron chi connectivity index (χ2n) is 3.10. The first-order chi connectivity index (χ1) is 5.36. The maximum atomic E-state index is 11.1. The van der Waals surface area contributed by atoms with Crippen LogP contribution in [0.25, 0.3) is 0 Å². The lowest BCUT2D eigenvalue weighted by Crippen LogP contribution is -2.28. The van der Waals surface area contributed by atoms with E-state index in [4.69, 9.17) is 0 Å². The smallest absolute Gasteiger partial charge is 0.133 e. The zero-order valence-corrected chi connectivity index (χ0v) is 7.12. The molecule has 1 N–H and O–H groups in total. The normalized spacial score (nSPS) is 31.1. The van der Waals surface area contributed by atoms with Gasteiger partial charge in [0.2, 0.25) is 0 Å². The number of carbonyl (C=O) groups is 1. The Labute approximate surface area is 70.6 Å². The van der Waals surface area contributed by atoms with Crippen LogP contribution in [0.3, 0.4) is 0 Å². The highest BCUT2D eigenvalue weighted by molar-refractivity contribution is 8.00. The third-order valence-corrected chi connectivity index (χ3v) is 3.07. The lowest BCUT2D eigenvalue weighted by atomic mass is 9.84. The summed E-state index contributed by atoms with van der Waals surface area (Å²) in [6.07, 6.45) is 2.53. The molecule has 1 aliphatic carbocycles. The van der Waals surface area contributed by atoms with Crippen LogP contribution in [0.5, 0.6) is 0 Å². The molecule has 0 spiro atoms. The molecule has 2 nitrogen and oxygen atoms in total. The molecule has 3 heteroatoms. The predicted octanol–water partition coefficient (Wildman–Crippen LogP) is 1.49. The van der Waals surface area contributed by atoms with E-state index in [-0.39, 0.29) is 0 Å². The fraction of sp³-hybridized carbons (Fsp3) is 0.625. The molecule has 0 aromatic rings. The minimum atomic E-state index is 0.431. The Hall–Kier alpha value is -0.280. The van der Waals surface area contributed by atoms with Gasteiger partial charge in [-0.1, -0.05) is 17.5 Å². The molecule has 11 heavy (non-hydrogen) atoms. The van der Waals surface area contributed by atoms with E-state index in [1.54, 1.807) is 11.9 Å². The van der Waals surface area contributed by atoms with E-state index in [0.29, 0.717) is 11.7 Å². The molecular formula is C8H11NOS. The maximum absolute atomic E-state index is 11.1. The van der Waals surface area contributed by atoms with Crippen molar-refractivity contribution in [2.45, 2.75) is 19.3 Å². The van der Waals surface area contributed by atoms with Gasteiger partial charge in [-0.15, -0.1) is 0 Å². The Morgan fingerprint density at radius 1 is 1.55 bits per heavy atom. The molecule has 1 fully saturated rings. The molecule has 1 atom stereocenters. The predicted molar refractivity (Wildman–Crippen MR) is 46.0 cm³/mol. The second-order valence-corrected chi connectivity index (χ2v) is 3.86. The van der Waals surface area contributed by atoms with Gasteiger partial charge >= 0.3 is 0 Å². The number of hydrogen-bond donors (Lipinski definition) is 1. The molecule has 0 bridgehead atoms. The zero-order valence-electron chi connectivity index (χ0n) is 6.30. The van der Waals surface area contributed by atoms with E-state index in [1.165, 1.54) is 5.57 Å². The highest BCUT2D eigenvalue weighted by Crippen LogP contribution is 2.31. The number of fused-ring (bicyclic) bond motifs is 1. The van der Waals surface area contributed by atoms with Crippen molar-refractivity contribution >= 4 is 17.7 Å². The topological polar surface area (TPSA) is 29.1 Å². The summed E-state index contributed by atoms with van der Waals surface area (Å²) in [5.41, 5.74) is 1.48. The number of ketones is 1. The van der Waals surface area contributed by atoms with Gasteiger partial charge < -0.3 is 0 Å². The highest BCUT2D eigenvalue weighted by Gasteiger charge is 2.25. The summed E-state index contributed by atoms with van der Waals surface area (Å²) in [6.45, 7) is 0.974. The molecule has 0 aromatic carbocycles.